The standard InChI is InChI=1S/C18H20FN5O2/c19-15-5-3-14(4-6-15)17(25)22-23-18(26)21-12-13-7-8-20-16(11-13)24-9-1-2-10-24/h3-8,11H,1-2,9-10,12H2,(H,22,25)(H2,21,23,26). The summed E-state index contributed by atoms with van der Waals surface area (Å²) in [5.41, 5.74) is 5.70. The summed E-state index contributed by atoms with van der Waals surface area (Å²) >= 11 is 0. The van der Waals surface area contributed by atoms with E-state index in [9.17, 15) is 14.0 Å². The molecular weight excluding hydrogens is 337 g/mol. The van der Waals surface area contributed by atoms with Crippen LogP contribution in [0.4, 0.5) is 15.0 Å². The number of pyridine rings is 1. The van der Waals surface area contributed by atoms with Gasteiger partial charge in [0.25, 0.3) is 5.91 Å². The van der Waals surface area contributed by atoms with Gasteiger partial charge in [-0.1, -0.05) is 0 Å². The third-order valence-electron chi connectivity index (χ3n) is 4.09. The Morgan fingerprint density at radius 2 is 1.81 bits per heavy atom. The van der Waals surface area contributed by atoms with Crippen LogP contribution in [0, 0.1) is 5.82 Å². The van der Waals surface area contributed by atoms with E-state index in [1.807, 2.05) is 12.1 Å². The predicted octanol–water partition coefficient (Wildman–Crippen LogP) is 1.97. The van der Waals surface area contributed by atoms with E-state index in [2.05, 4.69) is 26.1 Å². The van der Waals surface area contributed by atoms with Crippen molar-refractivity contribution in [1.82, 2.24) is 21.2 Å². The van der Waals surface area contributed by atoms with E-state index in [1.54, 1.807) is 6.20 Å². The number of nitrogens with one attached hydrogen (secondary N) is 3. The maximum Gasteiger partial charge on any atom is 0.333 e. The van der Waals surface area contributed by atoms with Crippen LogP contribution in [0.25, 0.3) is 0 Å². The summed E-state index contributed by atoms with van der Waals surface area (Å²) in [5.74, 6) is -0.0508. The zero-order valence-electron chi connectivity index (χ0n) is 14.2. The Balaban J connectivity index is 1.46. The fourth-order valence-electron chi connectivity index (χ4n) is 2.70. The van der Waals surface area contributed by atoms with Gasteiger partial charge in [-0.25, -0.2) is 19.6 Å². The summed E-state index contributed by atoms with van der Waals surface area (Å²) in [6.07, 6.45) is 4.06. The molecule has 0 unspecified atom stereocenters. The average Bonchev–Trinajstić information content (AvgIpc) is 3.20. The Kier molecular flexibility index (Phi) is 5.62. The summed E-state index contributed by atoms with van der Waals surface area (Å²) in [4.78, 5) is 30.2. The van der Waals surface area contributed by atoms with E-state index >= 15 is 0 Å². The highest BCUT2D eigenvalue weighted by molar-refractivity contribution is 5.95. The molecule has 8 heteroatoms. The molecule has 2 aromatic rings. The van der Waals surface area contributed by atoms with E-state index < -0.39 is 17.8 Å². The minimum absolute atomic E-state index is 0.246. The first-order chi connectivity index (χ1) is 12.6. The van der Waals surface area contributed by atoms with Gasteiger partial charge >= 0.3 is 6.03 Å². The summed E-state index contributed by atoms with van der Waals surface area (Å²) in [5, 5.41) is 2.66. The molecule has 1 aromatic carbocycles. The van der Waals surface area contributed by atoms with Gasteiger partial charge in [0.2, 0.25) is 0 Å². The lowest BCUT2D eigenvalue weighted by atomic mass is 10.2. The molecule has 0 atom stereocenters. The first-order valence-electron chi connectivity index (χ1n) is 8.41. The smallest absolute Gasteiger partial charge is 0.333 e. The average molecular weight is 357 g/mol. The highest BCUT2D eigenvalue weighted by Gasteiger charge is 2.13. The van der Waals surface area contributed by atoms with Crippen LogP contribution in [-0.2, 0) is 6.54 Å². The van der Waals surface area contributed by atoms with Gasteiger partial charge in [-0.2, -0.15) is 0 Å². The monoisotopic (exact) mass is 357 g/mol. The molecule has 3 amide bonds. The number of benzene rings is 1. The number of hydrogen-bond acceptors (Lipinski definition) is 4. The van der Waals surface area contributed by atoms with Crippen LogP contribution in [0.5, 0.6) is 0 Å². The number of aromatic nitrogens is 1. The maximum absolute atomic E-state index is 12.8. The number of carbonyl (C=O) groups is 2. The third kappa shape index (κ3) is 4.69. The molecule has 0 aliphatic carbocycles. The number of halogens is 1. The van der Waals surface area contributed by atoms with Crippen LogP contribution in [-0.4, -0.2) is 30.0 Å². The van der Waals surface area contributed by atoms with Gasteiger partial charge in [0.05, 0.1) is 0 Å². The second-order valence-corrected chi connectivity index (χ2v) is 5.99. The van der Waals surface area contributed by atoms with Crippen molar-refractivity contribution in [3.63, 3.8) is 0 Å². The molecule has 0 saturated carbocycles. The number of hydrogen-bond donors (Lipinski definition) is 3. The molecule has 1 aromatic heterocycles. The number of anilines is 1. The SMILES string of the molecule is O=C(NCc1ccnc(N2CCCC2)c1)NNC(=O)c1ccc(F)cc1. The zero-order valence-corrected chi connectivity index (χ0v) is 14.2. The van der Waals surface area contributed by atoms with Gasteiger partial charge in [-0.05, 0) is 54.8 Å². The van der Waals surface area contributed by atoms with Gasteiger partial charge in [0.15, 0.2) is 0 Å². The molecule has 7 nitrogen and oxygen atoms in total. The largest absolute Gasteiger partial charge is 0.357 e. The molecule has 0 radical (unpaired) electrons. The van der Waals surface area contributed by atoms with Gasteiger partial charge < -0.3 is 10.2 Å². The van der Waals surface area contributed by atoms with Crippen LogP contribution in [0.2, 0.25) is 0 Å². The molecule has 0 bridgehead atoms. The zero-order chi connectivity index (χ0) is 18.4. The highest BCUT2D eigenvalue weighted by atomic mass is 19.1. The first-order valence-corrected chi connectivity index (χ1v) is 8.41. The Hall–Kier alpha value is -3.16. The first kappa shape index (κ1) is 17.7. The number of rotatable bonds is 4. The van der Waals surface area contributed by atoms with Crippen molar-refractivity contribution in [2.45, 2.75) is 19.4 Å². The summed E-state index contributed by atoms with van der Waals surface area (Å²) in [6.45, 7) is 2.31. The van der Waals surface area contributed by atoms with Crippen molar-refractivity contribution in [3.05, 3.63) is 59.5 Å². The normalized spacial score (nSPS) is 13.3. The third-order valence-corrected chi connectivity index (χ3v) is 4.09. The number of carbonyl (C=O) groups excluding carboxylic acids is 2. The minimum atomic E-state index is -0.542. The molecule has 3 N–H and O–H groups in total. The van der Waals surface area contributed by atoms with Crippen LogP contribution in [0.15, 0.2) is 42.6 Å². The Labute approximate surface area is 150 Å². The summed E-state index contributed by atoms with van der Waals surface area (Å²) in [6, 6.07) is 8.26. The number of nitrogens with zero attached hydrogens (tertiary/aromatic N) is 2. The molecule has 1 aliphatic rings. The van der Waals surface area contributed by atoms with Crippen molar-refractivity contribution in [2.24, 2.45) is 0 Å². The second kappa shape index (κ2) is 8.28. The van der Waals surface area contributed by atoms with E-state index in [0.29, 0.717) is 6.54 Å². The van der Waals surface area contributed by atoms with Gasteiger partial charge in [-0.15, -0.1) is 0 Å². The molecule has 26 heavy (non-hydrogen) atoms. The van der Waals surface area contributed by atoms with Crippen molar-refractivity contribution < 1.29 is 14.0 Å². The predicted molar refractivity (Wildman–Crippen MR) is 94.9 cm³/mol. The summed E-state index contributed by atoms with van der Waals surface area (Å²) in [7, 11) is 0. The fourth-order valence-corrected chi connectivity index (χ4v) is 2.70. The van der Waals surface area contributed by atoms with Gasteiger partial charge in [-0.3, -0.25) is 10.2 Å². The number of urea groups is 1. The van der Waals surface area contributed by atoms with Crippen LogP contribution >= 0.6 is 0 Å². The number of hydrazine groups is 1. The van der Waals surface area contributed by atoms with Gasteiger partial charge in [0.1, 0.15) is 11.6 Å². The van der Waals surface area contributed by atoms with Crippen LogP contribution in [0.1, 0.15) is 28.8 Å². The number of amides is 3. The molecule has 1 saturated heterocycles. The van der Waals surface area contributed by atoms with Crippen molar-refractivity contribution in [2.75, 3.05) is 18.0 Å². The lowest BCUT2D eigenvalue weighted by molar-refractivity contribution is 0.0936. The van der Waals surface area contributed by atoms with E-state index in [0.717, 1.165) is 24.5 Å². The highest BCUT2D eigenvalue weighted by Crippen LogP contribution is 2.18. The Morgan fingerprint density at radius 1 is 1.08 bits per heavy atom. The van der Waals surface area contributed by atoms with Crippen LogP contribution < -0.4 is 21.1 Å². The molecule has 1 fully saturated rings. The van der Waals surface area contributed by atoms with E-state index in [-0.39, 0.29) is 5.56 Å². The maximum atomic E-state index is 12.8. The molecule has 136 valence electrons. The van der Waals surface area contributed by atoms with Crippen LogP contribution in [0.3, 0.4) is 0 Å². The van der Waals surface area contributed by atoms with Crippen molar-refractivity contribution in [1.29, 1.82) is 0 Å². The molecular formula is C18H20FN5O2. The topological polar surface area (TPSA) is 86.4 Å². The quantitative estimate of drug-likeness (QED) is 0.730. The molecule has 2 heterocycles. The molecule has 1 aliphatic heterocycles. The molecule has 3 rings (SSSR count). The second-order valence-electron chi connectivity index (χ2n) is 5.99. The lowest BCUT2D eigenvalue weighted by Crippen LogP contribution is -2.46. The van der Waals surface area contributed by atoms with Crippen molar-refractivity contribution >= 4 is 17.8 Å². The Morgan fingerprint density at radius 3 is 2.54 bits per heavy atom. The molecule has 0 spiro atoms. The van der Waals surface area contributed by atoms with E-state index in [4.69, 9.17) is 0 Å². The van der Waals surface area contributed by atoms with Gasteiger partial charge in [0, 0.05) is 31.4 Å². The van der Waals surface area contributed by atoms with Crippen molar-refractivity contribution in [3.8, 4) is 0 Å². The fraction of sp³-hybridized carbons (Fsp3) is 0.278. The van der Waals surface area contributed by atoms with E-state index in [1.165, 1.54) is 37.1 Å². The lowest BCUT2D eigenvalue weighted by Gasteiger charge is -2.17. The Bertz CT molecular complexity index is 775. The minimum Gasteiger partial charge on any atom is -0.357 e. The summed E-state index contributed by atoms with van der Waals surface area (Å²) < 4.78 is 12.8.